The summed E-state index contributed by atoms with van der Waals surface area (Å²) in [6.45, 7) is 2.99. The van der Waals surface area contributed by atoms with Crippen LogP contribution in [0.1, 0.15) is 57.6 Å². The van der Waals surface area contributed by atoms with Crippen LogP contribution in [-0.4, -0.2) is 22.5 Å². The maximum Gasteiger partial charge on any atom is 0.303 e. The predicted octanol–water partition coefficient (Wildman–Crippen LogP) is 2.41. The lowest BCUT2D eigenvalue weighted by atomic mass is 9.88. The molecule has 1 atom stereocenters. The first-order valence-corrected chi connectivity index (χ1v) is 6.57. The minimum Gasteiger partial charge on any atom is -0.456 e. The maximum atomic E-state index is 12.4. The van der Waals surface area contributed by atoms with Crippen molar-refractivity contribution in [3.05, 3.63) is 58.4 Å². The van der Waals surface area contributed by atoms with Gasteiger partial charge in [0.1, 0.15) is 6.10 Å². The van der Waals surface area contributed by atoms with E-state index in [2.05, 4.69) is 4.98 Å². The Bertz CT molecular complexity index is 720. The first-order valence-electron chi connectivity index (χ1n) is 6.57. The molecule has 1 N–H and O–H groups in total. The standard InChI is InChI=1S/C16H13NO4/c1-8(21-9(2)18)13-7-12-14(17-13)16(20)11-6-4-3-5-10(11)15(12)19/h3-8,17H,1-2H3. The highest BCUT2D eigenvalue weighted by Gasteiger charge is 2.32. The van der Waals surface area contributed by atoms with E-state index in [-0.39, 0.29) is 17.3 Å². The summed E-state index contributed by atoms with van der Waals surface area (Å²) >= 11 is 0. The summed E-state index contributed by atoms with van der Waals surface area (Å²) in [6.07, 6.45) is -0.545. The van der Waals surface area contributed by atoms with E-state index in [0.717, 1.165) is 0 Å². The van der Waals surface area contributed by atoms with E-state index in [1.54, 1.807) is 37.3 Å². The second-order valence-corrected chi connectivity index (χ2v) is 4.97. The quantitative estimate of drug-likeness (QED) is 0.733. The number of carbonyl (C=O) groups excluding carboxylic acids is 3. The molecule has 1 aromatic heterocycles. The zero-order valence-electron chi connectivity index (χ0n) is 11.6. The van der Waals surface area contributed by atoms with E-state index in [9.17, 15) is 14.4 Å². The van der Waals surface area contributed by atoms with Crippen LogP contribution in [0.5, 0.6) is 0 Å². The van der Waals surface area contributed by atoms with Crippen molar-refractivity contribution in [1.82, 2.24) is 4.98 Å². The second-order valence-electron chi connectivity index (χ2n) is 4.97. The Kier molecular flexibility index (Phi) is 2.97. The zero-order valence-corrected chi connectivity index (χ0v) is 11.6. The molecule has 5 nitrogen and oxygen atoms in total. The van der Waals surface area contributed by atoms with Gasteiger partial charge in [-0.15, -0.1) is 0 Å². The Morgan fingerprint density at radius 3 is 2.33 bits per heavy atom. The van der Waals surface area contributed by atoms with Gasteiger partial charge >= 0.3 is 5.97 Å². The van der Waals surface area contributed by atoms with E-state index in [0.29, 0.717) is 22.4 Å². The molecule has 1 aliphatic carbocycles. The van der Waals surface area contributed by atoms with Crippen molar-refractivity contribution in [2.45, 2.75) is 20.0 Å². The number of ether oxygens (including phenoxy) is 1. The topological polar surface area (TPSA) is 76.2 Å². The molecule has 0 saturated heterocycles. The van der Waals surface area contributed by atoms with E-state index >= 15 is 0 Å². The van der Waals surface area contributed by atoms with E-state index in [1.807, 2.05) is 0 Å². The molecule has 1 unspecified atom stereocenters. The fourth-order valence-electron chi connectivity index (χ4n) is 2.52. The highest BCUT2D eigenvalue weighted by molar-refractivity contribution is 6.27. The summed E-state index contributed by atoms with van der Waals surface area (Å²) in [7, 11) is 0. The third-order valence-corrected chi connectivity index (χ3v) is 3.51. The number of esters is 1. The Hall–Kier alpha value is -2.69. The molecule has 0 fully saturated rings. The zero-order chi connectivity index (χ0) is 15.1. The molecule has 0 spiro atoms. The largest absolute Gasteiger partial charge is 0.456 e. The number of aromatic nitrogens is 1. The second kappa shape index (κ2) is 4.70. The number of benzene rings is 1. The lowest BCUT2D eigenvalue weighted by Gasteiger charge is -2.13. The van der Waals surface area contributed by atoms with E-state index < -0.39 is 12.1 Å². The molecule has 0 aliphatic heterocycles. The lowest BCUT2D eigenvalue weighted by Crippen LogP contribution is -2.19. The summed E-state index contributed by atoms with van der Waals surface area (Å²) in [5.41, 5.74) is 1.91. The average molecular weight is 283 g/mol. The summed E-state index contributed by atoms with van der Waals surface area (Å²) in [5.74, 6) is -0.838. The number of aromatic amines is 1. The van der Waals surface area contributed by atoms with Crippen LogP contribution in [0, 0.1) is 0 Å². The molecule has 3 rings (SSSR count). The molecular weight excluding hydrogens is 270 g/mol. The van der Waals surface area contributed by atoms with Gasteiger partial charge in [0.15, 0.2) is 5.78 Å². The predicted molar refractivity (Wildman–Crippen MR) is 74.3 cm³/mol. The Morgan fingerprint density at radius 1 is 1.10 bits per heavy atom. The minimum atomic E-state index is -0.545. The first kappa shape index (κ1) is 13.3. The monoisotopic (exact) mass is 283 g/mol. The van der Waals surface area contributed by atoms with Gasteiger partial charge < -0.3 is 9.72 Å². The minimum absolute atomic E-state index is 0.197. The number of rotatable bonds is 2. The van der Waals surface area contributed by atoms with Crippen LogP contribution in [0.25, 0.3) is 0 Å². The van der Waals surface area contributed by atoms with Crippen LogP contribution < -0.4 is 0 Å². The third kappa shape index (κ3) is 2.07. The van der Waals surface area contributed by atoms with Gasteiger partial charge in [-0.3, -0.25) is 14.4 Å². The molecule has 106 valence electrons. The van der Waals surface area contributed by atoms with Crippen molar-refractivity contribution in [3.63, 3.8) is 0 Å². The smallest absolute Gasteiger partial charge is 0.303 e. The van der Waals surface area contributed by atoms with Crippen LogP contribution in [-0.2, 0) is 9.53 Å². The molecule has 2 aromatic rings. The summed E-state index contributed by atoms with van der Waals surface area (Å²) in [6, 6.07) is 8.30. The van der Waals surface area contributed by atoms with Gasteiger partial charge in [0.05, 0.1) is 17.0 Å². The van der Waals surface area contributed by atoms with Gasteiger partial charge in [-0.2, -0.15) is 0 Å². The summed E-state index contributed by atoms with van der Waals surface area (Å²) < 4.78 is 5.07. The fourth-order valence-corrected chi connectivity index (χ4v) is 2.52. The Labute approximate surface area is 120 Å². The summed E-state index contributed by atoms with van der Waals surface area (Å²) in [5, 5.41) is 0. The fraction of sp³-hybridized carbons (Fsp3) is 0.188. The number of carbonyl (C=O) groups is 3. The lowest BCUT2D eigenvalue weighted by molar-refractivity contribution is -0.145. The molecule has 5 heteroatoms. The van der Waals surface area contributed by atoms with Crippen molar-refractivity contribution in [1.29, 1.82) is 0 Å². The number of ketones is 2. The molecule has 0 saturated carbocycles. The molecule has 0 amide bonds. The van der Waals surface area contributed by atoms with E-state index in [4.69, 9.17) is 4.74 Å². The van der Waals surface area contributed by atoms with Crippen LogP contribution >= 0.6 is 0 Å². The van der Waals surface area contributed by atoms with Crippen molar-refractivity contribution in [3.8, 4) is 0 Å². The normalized spacial score (nSPS) is 14.4. The van der Waals surface area contributed by atoms with Gasteiger partial charge in [-0.1, -0.05) is 24.3 Å². The van der Waals surface area contributed by atoms with Gasteiger partial charge in [0.2, 0.25) is 5.78 Å². The van der Waals surface area contributed by atoms with Crippen molar-refractivity contribution in [2.24, 2.45) is 0 Å². The number of fused-ring (bicyclic) bond motifs is 2. The Balaban J connectivity index is 2.07. The van der Waals surface area contributed by atoms with Crippen molar-refractivity contribution >= 4 is 17.5 Å². The third-order valence-electron chi connectivity index (χ3n) is 3.51. The van der Waals surface area contributed by atoms with Crippen LogP contribution in [0.15, 0.2) is 30.3 Å². The average Bonchev–Trinajstić information content (AvgIpc) is 2.90. The van der Waals surface area contributed by atoms with Crippen LogP contribution in [0.2, 0.25) is 0 Å². The maximum absolute atomic E-state index is 12.4. The molecular formula is C16H13NO4. The SMILES string of the molecule is CC(=O)OC(C)c1cc2c([nH]1)C(=O)c1ccccc1C2=O. The number of H-pyrrole nitrogens is 1. The van der Waals surface area contributed by atoms with Crippen molar-refractivity contribution in [2.75, 3.05) is 0 Å². The van der Waals surface area contributed by atoms with Gasteiger partial charge in [0.25, 0.3) is 0 Å². The molecule has 21 heavy (non-hydrogen) atoms. The van der Waals surface area contributed by atoms with Crippen LogP contribution in [0.3, 0.4) is 0 Å². The molecule has 1 aliphatic rings. The Morgan fingerprint density at radius 2 is 1.71 bits per heavy atom. The number of hydrogen-bond acceptors (Lipinski definition) is 4. The van der Waals surface area contributed by atoms with E-state index in [1.165, 1.54) is 6.92 Å². The summed E-state index contributed by atoms with van der Waals surface area (Å²) in [4.78, 5) is 38.8. The first-order chi connectivity index (χ1) is 9.99. The highest BCUT2D eigenvalue weighted by atomic mass is 16.5. The van der Waals surface area contributed by atoms with Crippen LogP contribution in [0.4, 0.5) is 0 Å². The number of nitrogens with one attached hydrogen (secondary N) is 1. The molecule has 1 aromatic carbocycles. The molecule has 0 bridgehead atoms. The van der Waals surface area contributed by atoms with Crippen molar-refractivity contribution < 1.29 is 19.1 Å². The van der Waals surface area contributed by atoms with Gasteiger partial charge in [0, 0.05) is 18.1 Å². The van der Waals surface area contributed by atoms with Gasteiger partial charge in [-0.05, 0) is 13.0 Å². The number of hydrogen-bond donors (Lipinski definition) is 1. The molecule has 0 radical (unpaired) electrons. The highest BCUT2D eigenvalue weighted by Crippen LogP contribution is 2.29. The van der Waals surface area contributed by atoms with Gasteiger partial charge in [-0.25, -0.2) is 0 Å². The molecule has 1 heterocycles.